The average Bonchev–Trinajstić information content (AvgIpc) is 2.44. The molecule has 1 atom stereocenters. The number of aliphatic hydroxyl groups is 1. The van der Waals surface area contributed by atoms with E-state index in [4.69, 9.17) is 21.1 Å². The van der Waals surface area contributed by atoms with Crippen molar-refractivity contribution in [2.45, 2.75) is 32.4 Å². The van der Waals surface area contributed by atoms with Gasteiger partial charge in [-0.1, -0.05) is 18.5 Å². The van der Waals surface area contributed by atoms with Crippen molar-refractivity contribution in [2.24, 2.45) is 0 Å². The zero-order valence-electron chi connectivity index (χ0n) is 11.9. The maximum Gasteiger partial charge on any atom is 0.179 e. The number of methoxy groups -OCH3 is 2. The Labute approximate surface area is 119 Å². The fourth-order valence-electron chi connectivity index (χ4n) is 1.68. The van der Waals surface area contributed by atoms with Crippen molar-refractivity contribution in [3.63, 3.8) is 0 Å². The maximum atomic E-state index is 9.37. The van der Waals surface area contributed by atoms with Crippen molar-refractivity contribution in [2.75, 3.05) is 20.8 Å². The second-order valence-electron chi connectivity index (χ2n) is 4.74. The molecule has 0 bridgehead atoms. The zero-order valence-corrected chi connectivity index (χ0v) is 12.7. The number of halogens is 1. The second kappa shape index (κ2) is 6.98. The first-order valence-electron chi connectivity index (χ1n) is 6.26. The molecule has 0 aliphatic rings. The Bertz CT molecular complexity index is 419. The predicted molar refractivity (Wildman–Crippen MR) is 77.2 cm³/mol. The van der Waals surface area contributed by atoms with Gasteiger partial charge in [-0.15, -0.1) is 0 Å². The van der Waals surface area contributed by atoms with Gasteiger partial charge in [0.15, 0.2) is 11.5 Å². The Morgan fingerprint density at radius 1 is 1.32 bits per heavy atom. The first-order chi connectivity index (χ1) is 8.99. The molecule has 0 aliphatic heterocycles. The van der Waals surface area contributed by atoms with Crippen LogP contribution in [0.25, 0.3) is 0 Å². The van der Waals surface area contributed by atoms with E-state index >= 15 is 0 Å². The van der Waals surface area contributed by atoms with Crippen LogP contribution in [0.2, 0.25) is 5.02 Å². The lowest BCUT2D eigenvalue weighted by atomic mass is 10.00. The molecule has 108 valence electrons. The van der Waals surface area contributed by atoms with Crippen LogP contribution in [0, 0.1) is 0 Å². The fraction of sp³-hybridized carbons (Fsp3) is 0.571. The van der Waals surface area contributed by atoms with Gasteiger partial charge < -0.3 is 19.9 Å². The minimum Gasteiger partial charge on any atom is -0.493 e. The highest BCUT2D eigenvalue weighted by atomic mass is 35.5. The molecule has 5 heteroatoms. The van der Waals surface area contributed by atoms with Gasteiger partial charge in [-0.3, -0.25) is 0 Å². The summed E-state index contributed by atoms with van der Waals surface area (Å²) in [6.07, 6.45) is 0.838. The van der Waals surface area contributed by atoms with Crippen LogP contribution in [0.5, 0.6) is 11.5 Å². The van der Waals surface area contributed by atoms with Crippen LogP contribution >= 0.6 is 11.6 Å². The van der Waals surface area contributed by atoms with Gasteiger partial charge in [0, 0.05) is 12.1 Å². The standard InChI is InChI=1S/C14H22ClNO3/c1-5-14(2,9-17)16-8-10-6-11(15)13(19-4)12(7-10)18-3/h6-7,16-17H,5,8-9H2,1-4H3. The molecule has 0 radical (unpaired) electrons. The summed E-state index contributed by atoms with van der Waals surface area (Å²) in [4.78, 5) is 0. The summed E-state index contributed by atoms with van der Waals surface area (Å²) in [5.41, 5.74) is 0.690. The van der Waals surface area contributed by atoms with E-state index in [-0.39, 0.29) is 12.1 Å². The number of rotatable bonds is 7. The van der Waals surface area contributed by atoms with Crippen LogP contribution in [-0.4, -0.2) is 31.5 Å². The van der Waals surface area contributed by atoms with Crippen molar-refractivity contribution in [1.82, 2.24) is 5.32 Å². The molecule has 4 nitrogen and oxygen atoms in total. The molecule has 0 fully saturated rings. The molecule has 1 rings (SSSR count). The molecule has 0 heterocycles. The summed E-state index contributed by atoms with van der Waals surface area (Å²) in [6, 6.07) is 3.72. The third-order valence-corrected chi connectivity index (χ3v) is 3.62. The van der Waals surface area contributed by atoms with E-state index < -0.39 is 0 Å². The molecule has 0 amide bonds. The fourth-order valence-corrected chi connectivity index (χ4v) is 1.99. The number of nitrogens with one attached hydrogen (secondary N) is 1. The van der Waals surface area contributed by atoms with Gasteiger partial charge in [0.25, 0.3) is 0 Å². The smallest absolute Gasteiger partial charge is 0.179 e. The summed E-state index contributed by atoms with van der Waals surface area (Å²) in [6.45, 7) is 4.70. The van der Waals surface area contributed by atoms with E-state index in [1.165, 1.54) is 0 Å². The average molecular weight is 288 g/mol. The highest BCUT2D eigenvalue weighted by molar-refractivity contribution is 6.32. The van der Waals surface area contributed by atoms with Crippen LogP contribution in [0.1, 0.15) is 25.8 Å². The SMILES string of the molecule is CCC(C)(CO)NCc1cc(Cl)c(OC)c(OC)c1. The van der Waals surface area contributed by atoms with E-state index in [9.17, 15) is 5.11 Å². The van der Waals surface area contributed by atoms with Crippen molar-refractivity contribution in [3.8, 4) is 11.5 Å². The van der Waals surface area contributed by atoms with E-state index in [0.717, 1.165) is 12.0 Å². The summed E-state index contributed by atoms with van der Waals surface area (Å²) >= 11 is 6.15. The van der Waals surface area contributed by atoms with Gasteiger partial charge in [0.2, 0.25) is 0 Å². The van der Waals surface area contributed by atoms with Gasteiger partial charge >= 0.3 is 0 Å². The van der Waals surface area contributed by atoms with Gasteiger partial charge in [-0.05, 0) is 31.0 Å². The van der Waals surface area contributed by atoms with E-state index in [1.54, 1.807) is 14.2 Å². The van der Waals surface area contributed by atoms with Crippen LogP contribution in [-0.2, 0) is 6.54 Å². The third kappa shape index (κ3) is 4.00. The molecule has 0 saturated heterocycles. The molecule has 19 heavy (non-hydrogen) atoms. The second-order valence-corrected chi connectivity index (χ2v) is 5.15. The first kappa shape index (κ1) is 16.1. The van der Waals surface area contributed by atoms with Gasteiger partial charge in [-0.25, -0.2) is 0 Å². The van der Waals surface area contributed by atoms with Crippen molar-refractivity contribution in [1.29, 1.82) is 0 Å². The minimum absolute atomic E-state index is 0.0878. The lowest BCUT2D eigenvalue weighted by molar-refractivity contribution is 0.169. The molecule has 1 aromatic carbocycles. The van der Waals surface area contributed by atoms with Crippen LogP contribution in [0.15, 0.2) is 12.1 Å². The predicted octanol–water partition coefficient (Wildman–Crippen LogP) is 2.61. The molecule has 0 saturated carbocycles. The van der Waals surface area contributed by atoms with Crippen molar-refractivity contribution >= 4 is 11.6 Å². The number of hydrogen-bond donors (Lipinski definition) is 2. The number of aliphatic hydroxyl groups excluding tert-OH is 1. The van der Waals surface area contributed by atoms with E-state index in [0.29, 0.717) is 23.1 Å². The van der Waals surface area contributed by atoms with E-state index in [2.05, 4.69) is 5.32 Å². The largest absolute Gasteiger partial charge is 0.493 e. The number of ether oxygens (including phenoxy) is 2. The Balaban J connectivity index is 2.88. The summed E-state index contributed by atoms with van der Waals surface area (Å²) in [5, 5.41) is 13.2. The topological polar surface area (TPSA) is 50.7 Å². The Morgan fingerprint density at radius 3 is 2.47 bits per heavy atom. The summed E-state index contributed by atoms with van der Waals surface area (Å²) in [7, 11) is 3.14. The van der Waals surface area contributed by atoms with E-state index in [1.807, 2.05) is 26.0 Å². The lowest BCUT2D eigenvalue weighted by Gasteiger charge is -2.27. The monoisotopic (exact) mass is 287 g/mol. The zero-order chi connectivity index (χ0) is 14.5. The highest BCUT2D eigenvalue weighted by Crippen LogP contribution is 2.36. The quantitative estimate of drug-likeness (QED) is 0.809. The molecule has 1 aromatic rings. The molecular weight excluding hydrogens is 266 g/mol. The molecular formula is C14H22ClNO3. The highest BCUT2D eigenvalue weighted by Gasteiger charge is 2.20. The minimum atomic E-state index is -0.292. The molecule has 0 spiro atoms. The Hall–Kier alpha value is -0.970. The van der Waals surface area contributed by atoms with Crippen LogP contribution in [0.4, 0.5) is 0 Å². The summed E-state index contributed by atoms with van der Waals surface area (Å²) < 4.78 is 10.4. The first-order valence-corrected chi connectivity index (χ1v) is 6.63. The van der Waals surface area contributed by atoms with Gasteiger partial charge in [0.1, 0.15) is 0 Å². The van der Waals surface area contributed by atoms with Crippen LogP contribution in [0.3, 0.4) is 0 Å². The molecule has 0 aromatic heterocycles. The third-order valence-electron chi connectivity index (χ3n) is 3.34. The summed E-state index contributed by atoms with van der Waals surface area (Å²) in [5.74, 6) is 1.14. The Kier molecular flexibility index (Phi) is 5.91. The number of hydrogen-bond acceptors (Lipinski definition) is 4. The maximum absolute atomic E-state index is 9.37. The van der Waals surface area contributed by atoms with Crippen LogP contribution < -0.4 is 14.8 Å². The van der Waals surface area contributed by atoms with Gasteiger partial charge in [0.05, 0.1) is 25.8 Å². The van der Waals surface area contributed by atoms with Crippen molar-refractivity contribution in [3.05, 3.63) is 22.7 Å². The molecule has 1 unspecified atom stereocenters. The Morgan fingerprint density at radius 2 is 2.00 bits per heavy atom. The molecule has 0 aliphatic carbocycles. The normalized spacial score (nSPS) is 14.0. The lowest BCUT2D eigenvalue weighted by Crippen LogP contribution is -2.44. The molecule has 2 N–H and O–H groups in total. The number of benzene rings is 1. The van der Waals surface area contributed by atoms with Gasteiger partial charge in [-0.2, -0.15) is 0 Å². The van der Waals surface area contributed by atoms with Crippen molar-refractivity contribution < 1.29 is 14.6 Å².